The van der Waals surface area contributed by atoms with Crippen molar-refractivity contribution in [1.82, 2.24) is 4.98 Å². The van der Waals surface area contributed by atoms with E-state index in [9.17, 15) is 9.18 Å². The molecule has 80 valence electrons. The molecule has 0 spiro atoms. The van der Waals surface area contributed by atoms with Crippen LogP contribution in [0.25, 0.3) is 6.08 Å². The molecule has 0 amide bonds. The first-order valence-electron chi connectivity index (χ1n) is 3.95. The molecule has 0 fully saturated rings. The number of aromatic nitrogens is 1. The first-order valence-corrected chi connectivity index (χ1v) is 4.32. The maximum atomic E-state index is 13.2. The highest BCUT2D eigenvalue weighted by molar-refractivity contribution is 6.29. The second-order valence-corrected chi connectivity index (χ2v) is 3.12. The Morgan fingerprint density at radius 3 is 2.80 bits per heavy atom. The van der Waals surface area contributed by atoms with E-state index in [1.165, 1.54) is 6.08 Å². The largest absolute Gasteiger partial charge is 0.481 e. The number of hydrogen-bond acceptors (Lipinski definition) is 3. The summed E-state index contributed by atoms with van der Waals surface area (Å²) in [7, 11) is 0. The number of carboxylic acids is 1. The smallest absolute Gasteiger partial charge is 0.309 e. The summed E-state index contributed by atoms with van der Waals surface area (Å²) >= 11 is 5.44. The average Bonchev–Trinajstić information content (AvgIpc) is 2.14. The molecule has 0 saturated heterocycles. The molecule has 1 rings (SSSR count). The van der Waals surface area contributed by atoms with E-state index in [4.69, 9.17) is 22.4 Å². The Balaban J connectivity index is 3.38. The molecule has 3 N–H and O–H groups in total. The summed E-state index contributed by atoms with van der Waals surface area (Å²) in [6.45, 7) is 3.41. The van der Waals surface area contributed by atoms with Gasteiger partial charge in [0.2, 0.25) is 0 Å². The van der Waals surface area contributed by atoms with Crippen LogP contribution >= 0.6 is 11.6 Å². The lowest BCUT2D eigenvalue weighted by Gasteiger charge is -2.08. The Kier molecular flexibility index (Phi) is 3.26. The topological polar surface area (TPSA) is 76.2 Å². The summed E-state index contributed by atoms with van der Waals surface area (Å²) in [5.41, 5.74) is 5.44. The van der Waals surface area contributed by atoms with Crippen LogP contribution in [0.1, 0.15) is 11.3 Å². The van der Waals surface area contributed by atoms with E-state index in [1.54, 1.807) is 0 Å². The van der Waals surface area contributed by atoms with E-state index >= 15 is 0 Å². The Labute approximate surface area is 90.2 Å². The van der Waals surface area contributed by atoms with Crippen molar-refractivity contribution in [3.05, 3.63) is 28.8 Å². The molecule has 0 aliphatic rings. The van der Waals surface area contributed by atoms with Crippen molar-refractivity contribution >= 4 is 29.3 Å². The van der Waals surface area contributed by atoms with Gasteiger partial charge < -0.3 is 10.8 Å². The van der Waals surface area contributed by atoms with Crippen LogP contribution in [0.5, 0.6) is 0 Å². The highest BCUT2D eigenvalue weighted by atomic mass is 35.5. The molecule has 1 aromatic heterocycles. The Hall–Kier alpha value is -1.62. The maximum Gasteiger partial charge on any atom is 0.309 e. The first kappa shape index (κ1) is 11.5. The number of carbonyl (C=O) groups is 1. The van der Waals surface area contributed by atoms with Crippen molar-refractivity contribution in [2.75, 3.05) is 5.73 Å². The predicted octanol–water partition coefficient (Wildman–Crippen LogP) is 1.73. The van der Waals surface area contributed by atoms with Gasteiger partial charge in [0.1, 0.15) is 0 Å². The Bertz CT molecular complexity index is 435. The second kappa shape index (κ2) is 4.27. The lowest BCUT2D eigenvalue weighted by atomic mass is 10.1. The van der Waals surface area contributed by atoms with Gasteiger partial charge in [0.05, 0.1) is 17.8 Å². The molecular formula is C9H8ClFN2O2. The van der Waals surface area contributed by atoms with Gasteiger partial charge in [0.25, 0.3) is 0 Å². The minimum atomic E-state index is -1.10. The van der Waals surface area contributed by atoms with Crippen LogP contribution < -0.4 is 5.73 Å². The summed E-state index contributed by atoms with van der Waals surface area (Å²) in [6.07, 6.45) is 0.867. The maximum absolute atomic E-state index is 13.2. The highest BCUT2D eigenvalue weighted by Gasteiger charge is 2.16. The van der Waals surface area contributed by atoms with Gasteiger partial charge in [0, 0.05) is 5.56 Å². The van der Waals surface area contributed by atoms with E-state index in [-0.39, 0.29) is 23.4 Å². The van der Waals surface area contributed by atoms with Gasteiger partial charge in [-0.05, 0) is 0 Å². The molecule has 0 radical (unpaired) electrons. The minimum absolute atomic E-state index is 0.0985. The molecule has 0 saturated carbocycles. The number of nitrogens with zero attached hydrogens (tertiary/aromatic N) is 1. The zero-order valence-electron chi connectivity index (χ0n) is 7.63. The molecule has 0 bridgehead atoms. The number of aliphatic carboxylic acids is 1. The van der Waals surface area contributed by atoms with Crippen molar-refractivity contribution in [2.24, 2.45) is 0 Å². The lowest BCUT2D eigenvalue weighted by molar-refractivity contribution is -0.136. The Morgan fingerprint density at radius 1 is 1.73 bits per heavy atom. The van der Waals surface area contributed by atoms with Crippen molar-refractivity contribution in [3.63, 3.8) is 0 Å². The van der Waals surface area contributed by atoms with Gasteiger partial charge in [-0.15, -0.1) is 0 Å². The van der Waals surface area contributed by atoms with E-state index in [2.05, 4.69) is 11.6 Å². The zero-order chi connectivity index (χ0) is 11.6. The molecule has 0 aliphatic heterocycles. The fourth-order valence-corrected chi connectivity index (χ4v) is 1.32. The average molecular weight is 231 g/mol. The van der Waals surface area contributed by atoms with E-state index in [1.807, 2.05) is 0 Å². The van der Waals surface area contributed by atoms with Gasteiger partial charge >= 0.3 is 5.97 Å². The number of carboxylic acid groups (broad SMARTS) is 1. The van der Waals surface area contributed by atoms with E-state index in [0.717, 1.165) is 0 Å². The molecule has 1 heterocycles. The number of pyridine rings is 1. The van der Waals surface area contributed by atoms with Gasteiger partial charge in [-0.1, -0.05) is 24.3 Å². The Morgan fingerprint density at radius 2 is 2.33 bits per heavy atom. The monoisotopic (exact) mass is 230 g/mol. The summed E-state index contributed by atoms with van der Waals surface area (Å²) in [5, 5.41) is 8.15. The predicted molar refractivity (Wildman–Crippen MR) is 55.0 cm³/mol. The van der Waals surface area contributed by atoms with Crippen LogP contribution in [0.4, 0.5) is 10.1 Å². The standard InChI is InChI=1S/C9H8ClFN2O2/c1-2-4-5(3-6(14)15)13-9(10)7(11)8(4)12/h2H,1,3H2,(H2,12,13)(H,14,15). The van der Waals surface area contributed by atoms with Gasteiger partial charge in [-0.25, -0.2) is 9.37 Å². The molecule has 15 heavy (non-hydrogen) atoms. The van der Waals surface area contributed by atoms with Crippen molar-refractivity contribution in [2.45, 2.75) is 6.42 Å². The number of anilines is 1. The quantitative estimate of drug-likeness (QED) is 0.776. The van der Waals surface area contributed by atoms with Gasteiger partial charge in [0.15, 0.2) is 11.0 Å². The second-order valence-electron chi connectivity index (χ2n) is 2.77. The number of hydrogen-bond donors (Lipinski definition) is 2. The fourth-order valence-electron chi connectivity index (χ4n) is 1.12. The minimum Gasteiger partial charge on any atom is -0.481 e. The van der Waals surface area contributed by atoms with Gasteiger partial charge in [-0.3, -0.25) is 4.79 Å². The normalized spacial score (nSPS) is 10.0. The molecule has 4 nitrogen and oxygen atoms in total. The fraction of sp³-hybridized carbons (Fsp3) is 0.111. The number of halogens is 2. The third-order valence-corrected chi connectivity index (χ3v) is 2.03. The third-order valence-electron chi connectivity index (χ3n) is 1.77. The molecule has 0 aromatic carbocycles. The van der Waals surface area contributed by atoms with Crippen LogP contribution in [0.3, 0.4) is 0 Å². The summed E-state index contributed by atoms with van der Waals surface area (Å²) < 4.78 is 13.2. The molecule has 0 atom stereocenters. The zero-order valence-corrected chi connectivity index (χ0v) is 8.38. The van der Waals surface area contributed by atoms with E-state index in [0.29, 0.717) is 0 Å². The summed E-state index contributed by atoms with van der Waals surface area (Å²) in [6, 6.07) is 0. The van der Waals surface area contributed by atoms with Crippen LogP contribution in [-0.4, -0.2) is 16.1 Å². The summed E-state index contributed by atoms with van der Waals surface area (Å²) in [5.74, 6) is -1.96. The highest BCUT2D eigenvalue weighted by Crippen LogP contribution is 2.26. The van der Waals surface area contributed by atoms with Gasteiger partial charge in [-0.2, -0.15) is 0 Å². The first-order chi connectivity index (χ1) is 6.97. The molecule has 0 unspecified atom stereocenters. The van der Waals surface area contributed by atoms with Crippen LogP contribution in [0.2, 0.25) is 5.15 Å². The SMILES string of the molecule is C=Cc1c(CC(=O)O)nc(Cl)c(F)c1N. The molecular weight excluding hydrogens is 223 g/mol. The van der Waals surface area contributed by atoms with Crippen molar-refractivity contribution in [1.29, 1.82) is 0 Å². The van der Waals surface area contributed by atoms with E-state index < -0.39 is 16.9 Å². The molecule has 1 aromatic rings. The molecule has 0 aliphatic carbocycles. The lowest BCUT2D eigenvalue weighted by Crippen LogP contribution is -2.08. The third kappa shape index (κ3) is 2.24. The number of nitrogen functional groups attached to an aromatic ring is 1. The molecule has 6 heteroatoms. The summed E-state index contributed by atoms with van der Waals surface area (Å²) in [4.78, 5) is 14.1. The van der Waals surface area contributed by atoms with Crippen LogP contribution in [0, 0.1) is 5.82 Å². The van der Waals surface area contributed by atoms with Crippen LogP contribution in [-0.2, 0) is 11.2 Å². The number of nitrogens with two attached hydrogens (primary N) is 1. The van der Waals surface area contributed by atoms with Crippen molar-refractivity contribution < 1.29 is 14.3 Å². The van der Waals surface area contributed by atoms with Crippen molar-refractivity contribution in [3.8, 4) is 0 Å². The van der Waals surface area contributed by atoms with Crippen LogP contribution in [0.15, 0.2) is 6.58 Å². The number of rotatable bonds is 3.